The van der Waals surface area contributed by atoms with Crippen LogP contribution in [0.2, 0.25) is 0 Å². The summed E-state index contributed by atoms with van der Waals surface area (Å²) in [6.45, 7) is 0. The van der Waals surface area contributed by atoms with Crippen LogP contribution in [0.25, 0.3) is 0 Å². The van der Waals surface area contributed by atoms with E-state index in [-0.39, 0.29) is 18.6 Å². The first-order chi connectivity index (χ1) is 8.40. The maximum Gasteiger partial charge on any atom is 0.326 e. The Hall–Kier alpha value is -1.83. The van der Waals surface area contributed by atoms with E-state index in [9.17, 15) is 14.4 Å². The lowest BCUT2D eigenvalue weighted by Crippen LogP contribution is -2.41. The third-order valence-electron chi connectivity index (χ3n) is 2.08. The van der Waals surface area contributed by atoms with Crippen LogP contribution in [0.3, 0.4) is 0 Å². The summed E-state index contributed by atoms with van der Waals surface area (Å²) in [5, 5.41) is 11.1. The van der Waals surface area contributed by atoms with Crippen LogP contribution < -0.4 is 11.1 Å². The molecule has 0 aromatic carbocycles. The van der Waals surface area contributed by atoms with E-state index < -0.39 is 23.8 Å². The highest BCUT2D eigenvalue weighted by Gasteiger charge is 2.22. The molecule has 0 bridgehead atoms. The zero-order valence-electron chi connectivity index (χ0n) is 9.18. The van der Waals surface area contributed by atoms with Crippen LogP contribution >= 0.6 is 15.9 Å². The summed E-state index contributed by atoms with van der Waals surface area (Å²) in [7, 11) is 0. The molecule has 0 aliphatic rings. The Balaban J connectivity index is 2.63. The summed E-state index contributed by atoms with van der Waals surface area (Å²) in [5.41, 5.74) is 4.92. The van der Waals surface area contributed by atoms with Gasteiger partial charge in [0.1, 0.15) is 6.04 Å². The average Bonchev–Trinajstić information content (AvgIpc) is 2.70. The molecular formula is C10H11BrN2O5. The molecule has 4 N–H and O–H groups in total. The molecule has 0 saturated heterocycles. The minimum Gasteiger partial charge on any atom is -0.480 e. The minimum absolute atomic E-state index is 0.0211. The van der Waals surface area contributed by atoms with Gasteiger partial charge in [-0.25, -0.2) is 4.79 Å². The van der Waals surface area contributed by atoms with Crippen LogP contribution in [0.5, 0.6) is 0 Å². The lowest BCUT2D eigenvalue weighted by atomic mass is 10.1. The molecule has 0 saturated carbocycles. The number of amides is 2. The number of carboxylic acids is 1. The third kappa shape index (κ3) is 4.21. The Morgan fingerprint density at radius 3 is 2.56 bits per heavy atom. The molecule has 1 atom stereocenters. The quantitative estimate of drug-likeness (QED) is 0.704. The Bertz CT molecular complexity index is 471. The first-order valence-electron chi connectivity index (χ1n) is 4.97. The Labute approximate surface area is 110 Å². The molecule has 0 spiro atoms. The first kappa shape index (κ1) is 14.2. The maximum atomic E-state index is 11.6. The van der Waals surface area contributed by atoms with Crippen LogP contribution in [0.1, 0.15) is 23.4 Å². The van der Waals surface area contributed by atoms with E-state index in [0.29, 0.717) is 4.67 Å². The van der Waals surface area contributed by atoms with Crippen molar-refractivity contribution in [1.29, 1.82) is 0 Å². The fourth-order valence-corrected chi connectivity index (χ4v) is 1.52. The van der Waals surface area contributed by atoms with E-state index in [0.717, 1.165) is 0 Å². The summed E-state index contributed by atoms with van der Waals surface area (Å²) >= 11 is 3.02. The summed E-state index contributed by atoms with van der Waals surface area (Å²) in [6, 6.07) is 1.72. The summed E-state index contributed by atoms with van der Waals surface area (Å²) in [6.07, 6.45) is -0.197. The van der Waals surface area contributed by atoms with E-state index in [1.165, 1.54) is 12.1 Å². The molecule has 0 fully saturated rings. The summed E-state index contributed by atoms with van der Waals surface area (Å²) in [4.78, 5) is 33.1. The van der Waals surface area contributed by atoms with Crippen LogP contribution in [0.15, 0.2) is 21.2 Å². The molecule has 2 amide bonds. The van der Waals surface area contributed by atoms with Crippen molar-refractivity contribution in [3.63, 3.8) is 0 Å². The predicted octanol–water partition coefficient (Wildman–Crippen LogP) is 0.491. The molecule has 1 aromatic rings. The molecule has 1 aromatic heterocycles. The van der Waals surface area contributed by atoms with Gasteiger partial charge in [-0.2, -0.15) is 0 Å². The molecule has 1 rings (SSSR count). The zero-order chi connectivity index (χ0) is 13.7. The third-order valence-corrected chi connectivity index (χ3v) is 2.51. The largest absolute Gasteiger partial charge is 0.480 e. The van der Waals surface area contributed by atoms with Gasteiger partial charge in [0.05, 0.1) is 0 Å². The predicted molar refractivity (Wildman–Crippen MR) is 63.7 cm³/mol. The summed E-state index contributed by atoms with van der Waals surface area (Å²) < 4.78 is 5.33. The molecule has 0 aliphatic carbocycles. The van der Waals surface area contributed by atoms with Crippen molar-refractivity contribution >= 4 is 33.7 Å². The van der Waals surface area contributed by atoms with Crippen molar-refractivity contribution in [2.75, 3.05) is 0 Å². The van der Waals surface area contributed by atoms with E-state index in [4.69, 9.17) is 15.3 Å². The van der Waals surface area contributed by atoms with Crippen molar-refractivity contribution in [3.05, 3.63) is 22.6 Å². The number of nitrogens with one attached hydrogen (secondary N) is 1. The number of primary amides is 1. The topological polar surface area (TPSA) is 123 Å². The fraction of sp³-hybridized carbons (Fsp3) is 0.300. The van der Waals surface area contributed by atoms with Gasteiger partial charge in [0.25, 0.3) is 5.91 Å². The lowest BCUT2D eigenvalue weighted by molar-refractivity contribution is -0.139. The standard InChI is InChI=1S/C10H11BrN2O5/c11-7-3-2-6(18-7)9(15)13-5(10(16)17)1-4-8(12)14/h2-3,5H,1,4H2,(H2,12,14)(H,13,15)(H,16,17)/t5-/m1/s1. The number of nitrogens with two attached hydrogens (primary N) is 1. The molecular weight excluding hydrogens is 308 g/mol. The number of carbonyl (C=O) groups excluding carboxylic acids is 2. The van der Waals surface area contributed by atoms with E-state index in [1.54, 1.807) is 0 Å². The molecule has 0 aliphatic heterocycles. The Morgan fingerprint density at radius 1 is 1.44 bits per heavy atom. The number of furan rings is 1. The zero-order valence-corrected chi connectivity index (χ0v) is 10.8. The number of aliphatic carboxylic acids is 1. The van der Waals surface area contributed by atoms with E-state index in [1.807, 2.05) is 0 Å². The van der Waals surface area contributed by atoms with Gasteiger partial charge in [-0.3, -0.25) is 9.59 Å². The Morgan fingerprint density at radius 2 is 2.11 bits per heavy atom. The average molecular weight is 319 g/mol. The molecule has 7 nitrogen and oxygen atoms in total. The Kier molecular flexibility index (Phi) is 4.90. The molecule has 98 valence electrons. The van der Waals surface area contributed by atoms with Gasteiger partial charge in [0.2, 0.25) is 5.91 Å². The van der Waals surface area contributed by atoms with E-state index in [2.05, 4.69) is 21.2 Å². The second-order valence-corrected chi connectivity index (χ2v) is 4.25. The number of halogens is 1. The molecule has 8 heteroatoms. The van der Waals surface area contributed by atoms with Crippen LogP contribution in [-0.2, 0) is 9.59 Å². The highest BCUT2D eigenvalue weighted by Crippen LogP contribution is 2.14. The second-order valence-electron chi connectivity index (χ2n) is 3.47. The molecule has 18 heavy (non-hydrogen) atoms. The van der Waals surface area contributed by atoms with Gasteiger partial charge >= 0.3 is 5.97 Å². The molecule has 0 radical (unpaired) electrons. The van der Waals surface area contributed by atoms with Gasteiger partial charge in [-0.05, 0) is 34.5 Å². The SMILES string of the molecule is NC(=O)CC[C@@H](NC(=O)c1ccc(Br)o1)C(=O)O. The van der Waals surface area contributed by atoms with Gasteiger partial charge in [-0.15, -0.1) is 0 Å². The highest BCUT2D eigenvalue weighted by molar-refractivity contribution is 9.10. The number of hydrogen-bond acceptors (Lipinski definition) is 4. The first-order valence-corrected chi connectivity index (χ1v) is 5.76. The highest BCUT2D eigenvalue weighted by atomic mass is 79.9. The number of carbonyl (C=O) groups is 3. The van der Waals surface area contributed by atoms with Gasteiger partial charge in [0, 0.05) is 6.42 Å². The number of hydrogen-bond donors (Lipinski definition) is 3. The molecule has 1 heterocycles. The number of carboxylic acid groups (broad SMARTS) is 1. The smallest absolute Gasteiger partial charge is 0.326 e. The van der Waals surface area contributed by atoms with Crippen molar-refractivity contribution in [2.45, 2.75) is 18.9 Å². The minimum atomic E-state index is -1.24. The van der Waals surface area contributed by atoms with Crippen molar-refractivity contribution in [3.8, 4) is 0 Å². The van der Waals surface area contributed by atoms with Gasteiger partial charge in [-0.1, -0.05) is 0 Å². The van der Waals surface area contributed by atoms with Crippen molar-refractivity contribution < 1.29 is 23.9 Å². The monoisotopic (exact) mass is 318 g/mol. The lowest BCUT2D eigenvalue weighted by Gasteiger charge is -2.12. The van der Waals surface area contributed by atoms with Crippen LogP contribution in [0.4, 0.5) is 0 Å². The maximum absolute atomic E-state index is 11.6. The van der Waals surface area contributed by atoms with Crippen LogP contribution in [0, 0.1) is 0 Å². The second kappa shape index (κ2) is 6.20. The van der Waals surface area contributed by atoms with Crippen molar-refractivity contribution in [2.24, 2.45) is 5.73 Å². The van der Waals surface area contributed by atoms with Crippen molar-refractivity contribution in [1.82, 2.24) is 5.32 Å². The molecule has 0 unspecified atom stereocenters. The number of rotatable bonds is 6. The summed E-state index contributed by atoms with van der Waals surface area (Å²) in [5.74, 6) is -2.56. The van der Waals surface area contributed by atoms with Crippen LogP contribution in [-0.4, -0.2) is 28.9 Å². The fourth-order valence-electron chi connectivity index (χ4n) is 1.21. The van der Waals surface area contributed by atoms with Gasteiger partial charge in [0.15, 0.2) is 10.4 Å². The normalized spacial score (nSPS) is 11.8. The van der Waals surface area contributed by atoms with Gasteiger partial charge < -0.3 is 20.6 Å². The van der Waals surface area contributed by atoms with E-state index >= 15 is 0 Å².